The zero-order chi connectivity index (χ0) is 13.4. The van der Waals surface area contributed by atoms with E-state index in [0.717, 1.165) is 28.1 Å². The van der Waals surface area contributed by atoms with Crippen molar-refractivity contribution in [1.29, 1.82) is 0 Å². The maximum Gasteiger partial charge on any atom is 0.201 e. The first-order valence-electron chi connectivity index (χ1n) is 5.59. The number of aromatic nitrogens is 2. The fraction of sp³-hybridized carbons (Fsp3) is 0.308. The molecule has 0 amide bonds. The number of nitrogen functional groups attached to an aromatic ring is 1. The van der Waals surface area contributed by atoms with Gasteiger partial charge >= 0.3 is 0 Å². The molecule has 0 unspecified atom stereocenters. The number of halogens is 1. The number of rotatable bonds is 2. The Morgan fingerprint density at radius 1 is 1.28 bits per heavy atom. The van der Waals surface area contributed by atoms with Crippen LogP contribution in [0.3, 0.4) is 0 Å². The molecule has 2 aromatic rings. The Bertz CT molecular complexity index is 605. The highest BCUT2D eigenvalue weighted by molar-refractivity contribution is 6.32. The molecule has 0 radical (unpaired) electrons. The van der Waals surface area contributed by atoms with E-state index in [1.165, 1.54) is 0 Å². The highest BCUT2D eigenvalue weighted by Crippen LogP contribution is 2.35. The Morgan fingerprint density at radius 3 is 2.44 bits per heavy atom. The minimum absolute atomic E-state index is 0.405. The van der Waals surface area contributed by atoms with E-state index in [1.807, 2.05) is 33.0 Å². The predicted molar refractivity (Wildman–Crippen MR) is 74.1 cm³/mol. The zero-order valence-electron chi connectivity index (χ0n) is 10.9. The molecule has 0 aliphatic heterocycles. The van der Waals surface area contributed by atoms with E-state index in [9.17, 15) is 0 Å². The van der Waals surface area contributed by atoms with E-state index < -0.39 is 0 Å². The third kappa shape index (κ3) is 1.82. The summed E-state index contributed by atoms with van der Waals surface area (Å²) >= 11 is 6.14. The molecule has 1 heterocycles. The fourth-order valence-corrected chi connectivity index (χ4v) is 2.36. The van der Waals surface area contributed by atoms with E-state index in [-0.39, 0.29) is 0 Å². The van der Waals surface area contributed by atoms with Crippen LogP contribution in [0.25, 0.3) is 11.3 Å². The lowest BCUT2D eigenvalue weighted by molar-refractivity contribution is 0.411. The van der Waals surface area contributed by atoms with Crippen LogP contribution in [0.2, 0.25) is 5.15 Å². The van der Waals surface area contributed by atoms with Gasteiger partial charge in [-0.1, -0.05) is 11.6 Å². The van der Waals surface area contributed by atoms with Crippen LogP contribution in [0.5, 0.6) is 5.75 Å². The number of benzene rings is 1. The molecule has 0 saturated carbocycles. The number of ether oxygens (including phenoxy) is 1. The molecule has 0 bridgehead atoms. The Hall–Kier alpha value is -1.68. The van der Waals surface area contributed by atoms with Crippen molar-refractivity contribution in [1.82, 2.24) is 9.55 Å². The second-order valence-electron chi connectivity index (χ2n) is 4.23. The highest BCUT2D eigenvalue weighted by Gasteiger charge is 2.17. The van der Waals surface area contributed by atoms with E-state index in [4.69, 9.17) is 22.1 Å². The van der Waals surface area contributed by atoms with Gasteiger partial charge in [-0.05, 0) is 37.1 Å². The first-order valence-corrected chi connectivity index (χ1v) is 5.97. The van der Waals surface area contributed by atoms with Crippen LogP contribution in [-0.4, -0.2) is 16.7 Å². The van der Waals surface area contributed by atoms with Gasteiger partial charge in [-0.3, -0.25) is 0 Å². The van der Waals surface area contributed by atoms with Gasteiger partial charge in [0.2, 0.25) is 5.95 Å². The maximum atomic E-state index is 6.14. The molecule has 2 rings (SSSR count). The van der Waals surface area contributed by atoms with Crippen molar-refractivity contribution in [2.24, 2.45) is 7.05 Å². The molecule has 18 heavy (non-hydrogen) atoms. The molecule has 1 aromatic carbocycles. The van der Waals surface area contributed by atoms with E-state index in [1.54, 1.807) is 11.7 Å². The Morgan fingerprint density at radius 2 is 1.94 bits per heavy atom. The summed E-state index contributed by atoms with van der Waals surface area (Å²) in [5.41, 5.74) is 9.81. The topological polar surface area (TPSA) is 53.1 Å². The number of methoxy groups -OCH3 is 1. The van der Waals surface area contributed by atoms with Gasteiger partial charge in [0.25, 0.3) is 0 Å². The highest BCUT2D eigenvalue weighted by atomic mass is 35.5. The number of nitrogens with two attached hydrogens (primary N) is 1. The lowest BCUT2D eigenvalue weighted by Gasteiger charge is -2.13. The maximum absolute atomic E-state index is 6.14. The Kier molecular flexibility index (Phi) is 3.22. The lowest BCUT2D eigenvalue weighted by Crippen LogP contribution is -2.00. The molecule has 1 aromatic heterocycles. The molecule has 0 aliphatic rings. The van der Waals surface area contributed by atoms with Crippen LogP contribution in [0, 0.1) is 13.8 Å². The summed E-state index contributed by atoms with van der Waals surface area (Å²) in [6, 6.07) is 3.90. The van der Waals surface area contributed by atoms with Gasteiger partial charge < -0.3 is 15.0 Å². The molecule has 0 spiro atoms. The SMILES string of the molecule is COc1ccc(-c2c(Cl)nc(N)n2C)c(C)c1C. The number of hydrogen-bond acceptors (Lipinski definition) is 3. The third-order valence-corrected chi connectivity index (χ3v) is 3.56. The van der Waals surface area contributed by atoms with E-state index >= 15 is 0 Å². The summed E-state index contributed by atoms with van der Waals surface area (Å²) < 4.78 is 7.09. The normalized spacial score (nSPS) is 10.7. The van der Waals surface area contributed by atoms with Crippen molar-refractivity contribution in [3.05, 3.63) is 28.4 Å². The summed E-state index contributed by atoms with van der Waals surface area (Å²) in [4.78, 5) is 4.08. The molecular weight excluding hydrogens is 250 g/mol. The summed E-state index contributed by atoms with van der Waals surface area (Å²) in [7, 11) is 3.51. The Labute approximate surface area is 111 Å². The van der Waals surface area contributed by atoms with Crippen molar-refractivity contribution in [3.8, 4) is 17.0 Å². The molecular formula is C13H16ClN3O. The summed E-state index contributed by atoms with van der Waals surface area (Å²) in [5, 5.41) is 0.419. The van der Waals surface area contributed by atoms with Crippen LogP contribution in [0.4, 0.5) is 5.95 Å². The molecule has 4 nitrogen and oxygen atoms in total. The number of imidazole rings is 1. The molecule has 0 fully saturated rings. The predicted octanol–water partition coefficient (Wildman–Crippen LogP) is 2.95. The van der Waals surface area contributed by atoms with Crippen LogP contribution in [0.1, 0.15) is 11.1 Å². The van der Waals surface area contributed by atoms with Crippen molar-refractivity contribution in [2.45, 2.75) is 13.8 Å². The van der Waals surface area contributed by atoms with Crippen molar-refractivity contribution >= 4 is 17.5 Å². The van der Waals surface area contributed by atoms with Gasteiger partial charge in [0.05, 0.1) is 12.8 Å². The second kappa shape index (κ2) is 4.53. The molecule has 96 valence electrons. The first kappa shape index (κ1) is 12.8. The van der Waals surface area contributed by atoms with Crippen molar-refractivity contribution in [3.63, 3.8) is 0 Å². The van der Waals surface area contributed by atoms with Crippen LogP contribution in [-0.2, 0) is 7.05 Å². The average Bonchev–Trinajstić information content (AvgIpc) is 2.58. The number of hydrogen-bond donors (Lipinski definition) is 1. The molecule has 0 atom stereocenters. The number of nitrogens with zero attached hydrogens (tertiary/aromatic N) is 2. The fourth-order valence-electron chi connectivity index (χ4n) is 2.05. The number of anilines is 1. The molecule has 5 heteroatoms. The lowest BCUT2D eigenvalue weighted by atomic mass is 10.0. The monoisotopic (exact) mass is 265 g/mol. The van der Waals surface area contributed by atoms with Gasteiger partial charge in [-0.25, -0.2) is 4.98 Å². The molecule has 2 N–H and O–H groups in total. The standard InChI is InChI=1S/C13H16ClN3O/c1-7-8(2)10(18-4)6-5-9(7)11-12(14)16-13(15)17(11)3/h5-6H,1-4H3,(H2,15,16). The van der Waals surface area contributed by atoms with Crippen molar-refractivity contribution in [2.75, 3.05) is 12.8 Å². The van der Waals surface area contributed by atoms with Crippen LogP contribution >= 0.6 is 11.6 Å². The van der Waals surface area contributed by atoms with Gasteiger partial charge in [0.15, 0.2) is 5.15 Å². The quantitative estimate of drug-likeness (QED) is 0.908. The largest absolute Gasteiger partial charge is 0.496 e. The Balaban J connectivity index is 2.69. The van der Waals surface area contributed by atoms with E-state index in [0.29, 0.717) is 11.1 Å². The summed E-state index contributed by atoms with van der Waals surface area (Å²) in [6.45, 7) is 4.05. The van der Waals surface area contributed by atoms with E-state index in [2.05, 4.69) is 4.98 Å². The molecule has 0 aliphatic carbocycles. The van der Waals surface area contributed by atoms with Gasteiger partial charge in [-0.15, -0.1) is 0 Å². The molecule has 0 saturated heterocycles. The van der Waals surface area contributed by atoms with Crippen LogP contribution in [0.15, 0.2) is 12.1 Å². The second-order valence-corrected chi connectivity index (χ2v) is 4.59. The zero-order valence-corrected chi connectivity index (χ0v) is 11.7. The van der Waals surface area contributed by atoms with Gasteiger partial charge in [-0.2, -0.15) is 0 Å². The average molecular weight is 266 g/mol. The minimum Gasteiger partial charge on any atom is -0.496 e. The van der Waals surface area contributed by atoms with Crippen molar-refractivity contribution < 1.29 is 4.74 Å². The minimum atomic E-state index is 0.405. The third-order valence-electron chi connectivity index (χ3n) is 3.30. The van der Waals surface area contributed by atoms with Gasteiger partial charge in [0.1, 0.15) is 5.75 Å². The van der Waals surface area contributed by atoms with Gasteiger partial charge in [0, 0.05) is 12.6 Å². The summed E-state index contributed by atoms with van der Waals surface area (Å²) in [6.07, 6.45) is 0. The smallest absolute Gasteiger partial charge is 0.201 e. The summed E-state index contributed by atoms with van der Waals surface area (Å²) in [5.74, 6) is 1.27. The van der Waals surface area contributed by atoms with Crippen LogP contribution < -0.4 is 10.5 Å². The first-order chi connectivity index (χ1) is 8.47.